The maximum absolute atomic E-state index is 12.1. The normalized spacial score (nSPS) is 14.4. The number of amides is 2. The first-order chi connectivity index (χ1) is 11.3. The number of allylic oxidation sites excluding steroid dienone is 2. The summed E-state index contributed by atoms with van der Waals surface area (Å²) in [4.78, 5) is 45.9. The van der Waals surface area contributed by atoms with Crippen LogP contribution in [0.5, 0.6) is 0 Å². The lowest BCUT2D eigenvalue weighted by Gasteiger charge is -2.18. The van der Waals surface area contributed by atoms with Crippen LogP contribution >= 0.6 is 0 Å². The van der Waals surface area contributed by atoms with Crippen molar-refractivity contribution in [1.82, 2.24) is 16.0 Å². The molecule has 0 aromatic carbocycles. The Balaban J connectivity index is 2.36. The molecule has 0 unspecified atom stereocenters. The van der Waals surface area contributed by atoms with E-state index < -0.39 is 0 Å². The molecule has 0 aromatic heterocycles. The van der Waals surface area contributed by atoms with Gasteiger partial charge in [-0.05, 0) is 19.8 Å². The van der Waals surface area contributed by atoms with E-state index >= 15 is 0 Å². The number of carbonyl (C=O) groups is 4. The summed E-state index contributed by atoms with van der Waals surface area (Å²) in [5, 5.41) is 8.14. The average molecular weight is 335 g/mol. The number of hydrogen-bond acceptors (Lipinski definition) is 5. The molecule has 3 N–H and O–H groups in total. The highest BCUT2D eigenvalue weighted by atomic mass is 16.2. The van der Waals surface area contributed by atoms with Crippen molar-refractivity contribution in [3.05, 3.63) is 23.0 Å². The van der Waals surface area contributed by atoms with Crippen LogP contribution in [0.3, 0.4) is 0 Å². The second kappa shape index (κ2) is 9.64. The van der Waals surface area contributed by atoms with E-state index in [1.807, 2.05) is 0 Å². The van der Waals surface area contributed by atoms with Crippen LogP contribution in [0.2, 0.25) is 0 Å². The Morgan fingerprint density at radius 2 is 1.58 bits per heavy atom. The van der Waals surface area contributed by atoms with Gasteiger partial charge in [0.05, 0.1) is 11.4 Å². The van der Waals surface area contributed by atoms with Gasteiger partial charge in [0.25, 0.3) is 0 Å². The number of nitrogens with one attached hydrogen (secondary N) is 3. The summed E-state index contributed by atoms with van der Waals surface area (Å²) in [7, 11) is 0. The zero-order chi connectivity index (χ0) is 18.1. The van der Waals surface area contributed by atoms with Crippen LogP contribution in [0.1, 0.15) is 46.5 Å². The SMILES string of the molecule is CC(=O)NCCCCCCNC1=C(C)C(=O)C(NC(C)=O)=CC1=O. The molecular formula is C17H25N3O4. The fraction of sp³-hybridized carbons (Fsp3) is 0.529. The zero-order valence-electron chi connectivity index (χ0n) is 14.5. The lowest BCUT2D eigenvalue weighted by molar-refractivity contribution is -0.121. The smallest absolute Gasteiger partial charge is 0.221 e. The maximum Gasteiger partial charge on any atom is 0.221 e. The van der Waals surface area contributed by atoms with Gasteiger partial charge in [0.1, 0.15) is 0 Å². The molecule has 0 heterocycles. The Hall–Kier alpha value is -2.44. The molecular weight excluding hydrogens is 310 g/mol. The van der Waals surface area contributed by atoms with Crippen molar-refractivity contribution in [2.24, 2.45) is 0 Å². The summed E-state index contributed by atoms with van der Waals surface area (Å²) in [5.41, 5.74) is 0.637. The summed E-state index contributed by atoms with van der Waals surface area (Å²) in [6, 6.07) is 0. The minimum Gasteiger partial charge on any atom is -0.382 e. The van der Waals surface area contributed by atoms with E-state index in [9.17, 15) is 19.2 Å². The van der Waals surface area contributed by atoms with Gasteiger partial charge in [-0.1, -0.05) is 12.8 Å². The van der Waals surface area contributed by atoms with Gasteiger partial charge < -0.3 is 16.0 Å². The first-order valence-electron chi connectivity index (χ1n) is 8.10. The number of unbranched alkanes of at least 4 members (excludes halogenated alkanes) is 3. The quantitative estimate of drug-likeness (QED) is 0.425. The molecule has 24 heavy (non-hydrogen) atoms. The van der Waals surface area contributed by atoms with Gasteiger partial charge in [-0.15, -0.1) is 0 Å². The highest BCUT2D eigenvalue weighted by Gasteiger charge is 2.26. The number of rotatable bonds is 9. The minimum atomic E-state index is -0.383. The van der Waals surface area contributed by atoms with Crippen LogP contribution in [0.25, 0.3) is 0 Å². The van der Waals surface area contributed by atoms with Crippen molar-refractivity contribution in [2.75, 3.05) is 13.1 Å². The summed E-state index contributed by atoms with van der Waals surface area (Å²) in [6.45, 7) is 5.63. The molecule has 1 rings (SSSR count). The first-order valence-corrected chi connectivity index (χ1v) is 8.10. The summed E-state index contributed by atoms with van der Waals surface area (Å²) >= 11 is 0. The van der Waals surface area contributed by atoms with Crippen LogP contribution in [-0.2, 0) is 19.2 Å². The molecule has 0 atom stereocenters. The van der Waals surface area contributed by atoms with Gasteiger partial charge in [0, 0.05) is 38.6 Å². The monoisotopic (exact) mass is 335 g/mol. The zero-order valence-corrected chi connectivity index (χ0v) is 14.5. The molecule has 0 saturated carbocycles. The predicted molar refractivity (Wildman–Crippen MR) is 89.8 cm³/mol. The van der Waals surface area contributed by atoms with E-state index in [1.54, 1.807) is 6.92 Å². The van der Waals surface area contributed by atoms with Crippen LogP contribution in [-0.4, -0.2) is 36.5 Å². The van der Waals surface area contributed by atoms with Gasteiger partial charge in [-0.2, -0.15) is 0 Å². The Kier molecular flexibility index (Phi) is 7.88. The molecule has 1 aliphatic carbocycles. The lowest BCUT2D eigenvalue weighted by Crippen LogP contribution is -2.34. The molecule has 0 fully saturated rings. The van der Waals surface area contributed by atoms with Crippen LogP contribution in [0.15, 0.2) is 23.0 Å². The largest absolute Gasteiger partial charge is 0.382 e. The minimum absolute atomic E-state index is 0.0218. The molecule has 2 amide bonds. The van der Waals surface area contributed by atoms with E-state index in [1.165, 1.54) is 13.8 Å². The third kappa shape index (κ3) is 6.36. The number of hydrogen-bond donors (Lipinski definition) is 3. The van der Waals surface area contributed by atoms with E-state index in [0.29, 0.717) is 24.4 Å². The van der Waals surface area contributed by atoms with Gasteiger partial charge in [0.15, 0.2) is 0 Å². The fourth-order valence-corrected chi connectivity index (χ4v) is 2.35. The molecule has 0 aliphatic heterocycles. The Labute approximate surface area is 141 Å². The first kappa shape index (κ1) is 19.6. The van der Waals surface area contributed by atoms with E-state index in [0.717, 1.165) is 31.8 Å². The number of Topliss-reactive ketones (excluding diaryl/α,β-unsaturated/α-hetero) is 1. The third-order valence-corrected chi connectivity index (χ3v) is 3.57. The van der Waals surface area contributed by atoms with Crippen LogP contribution < -0.4 is 16.0 Å². The molecule has 0 bridgehead atoms. The van der Waals surface area contributed by atoms with Crippen molar-refractivity contribution in [3.8, 4) is 0 Å². The van der Waals surface area contributed by atoms with Crippen molar-refractivity contribution < 1.29 is 19.2 Å². The van der Waals surface area contributed by atoms with Gasteiger partial charge in [0.2, 0.25) is 23.4 Å². The van der Waals surface area contributed by atoms with Gasteiger partial charge >= 0.3 is 0 Å². The van der Waals surface area contributed by atoms with Crippen molar-refractivity contribution in [2.45, 2.75) is 46.5 Å². The second-order valence-corrected chi connectivity index (χ2v) is 5.76. The third-order valence-electron chi connectivity index (χ3n) is 3.57. The molecule has 1 aliphatic rings. The molecule has 132 valence electrons. The molecule has 0 aromatic rings. The molecule has 0 radical (unpaired) electrons. The summed E-state index contributed by atoms with van der Waals surface area (Å²) in [6.07, 6.45) is 4.89. The average Bonchev–Trinajstić information content (AvgIpc) is 2.49. The lowest BCUT2D eigenvalue weighted by atomic mass is 9.98. The highest BCUT2D eigenvalue weighted by molar-refractivity contribution is 6.22. The number of carbonyl (C=O) groups excluding carboxylic acids is 4. The van der Waals surface area contributed by atoms with E-state index in [4.69, 9.17) is 0 Å². The fourth-order valence-electron chi connectivity index (χ4n) is 2.35. The summed E-state index contributed by atoms with van der Waals surface area (Å²) < 4.78 is 0. The topological polar surface area (TPSA) is 104 Å². The van der Waals surface area contributed by atoms with Crippen molar-refractivity contribution in [1.29, 1.82) is 0 Å². The van der Waals surface area contributed by atoms with E-state index in [2.05, 4.69) is 16.0 Å². The molecule has 7 nitrogen and oxygen atoms in total. The second-order valence-electron chi connectivity index (χ2n) is 5.76. The molecule has 0 saturated heterocycles. The van der Waals surface area contributed by atoms with Crippen LogP contribution in [0.4, 0.5) is 0 Å². The molecule has 7 heteroatoms. The molecule has 0 spiro atoms. The standard InChI is InChI=1S/C17H25N3O4/c1-11-16(15(23)10-14(17(11)24)20-13(3)22)19-9-7-5-4-6-8-18-12(2)21/h10,19H,4-9H2,1-3H3,(H,18,21)(H,20,22). The Bertz CT molecular complexity index is 591. The Morgan fingerprint density at radius 3 is 2.17 bits per heavy atom. The summed E-state index contributed by atoms with van der Waals surface area (Å²) in [5.74, 6) is -1.05. The van der Waals surface area contributed by atoms with E-state index in [-0.39, 0.29) is 29.1 Å². The van der Waals surface area contributed by atoms with Crippen molar-refractivity contribution >= 4 is 23.4 Å². The van der Waals surface area contributed by atoms with Gasteiger partial charge in [-0.3, -0.25) is 19.2 Å². The van der Waals surface area contributed by atoms with Crippen LogP contribution in [0, 0.1) is 0 Å². The van der Waals surface area contributed by atoms with Gasteiger partial charge in [-0.25, -0.2) is 0 Å². The maximum atomic E-state index is 12.1. The highest BCUT2D eigenvalue weighted by Crippen LogP contribution is 2.16. The predicted octanol–water partition coefficient (Wildman–Crippen LogP) is 0.718. The van der Waals surface area contributed by atoms with Crippen molar-refractivity contribution in [3.63, 3.8) is 0 Å². The Morgan fingerprint density at radius 1 is 0.958 bits per heavy atom. The number of ketones is 2.